The number of nitrogen functional groups attached to an aromatic ring is 1. The maximum atomic E-state index is 10.6. The molecular formula is C11H17N3O5. The molecule has 0 aromatic carbocycles. The zero-order chi connectivity index (χ0) is 14.1. The number of ether oxygens (including phenoxy) is 3. The Morgan fingerprint density at radius 2 is 2.11 bits per heavy atom. The molecule has 0 saturated heterocycles. The molecule has 8 nitrogen and oxygen atoms in total. The second kappa shape index (κ2) is 8.22. The lowest BCUT2D eigenvalue weighted by Crippen LogP contribution is -2.09. The molecule has 0 unspecified atom stereocenters. The molecule has 0 amide bonds. The summed E-state index contributed by atoms with van der Waals surface area (Å²) in [4.78, 5) is 13.9. The van der Waals surface area contributed by atoms with Gasteiger partial charge in [-0.3, -0.25) is 10.1 Å². The van der Waals surface area contributed by atoms with Gasteiger partial charge in [0.2, 0.25) is 5.88 Å². The molecule has 2 N–H and O–H groups in total. The minimum Gasteiger partial charge on any atom is -0.475 e. The van der Waals surface area contributed by atoms with E-state index in [0.29, 0.717) is 19.8 Å². The van der Waals surface area contributed by atoms with Crippen LogP contribution in [0, 0.1) is 10.1 Å². The van der Waals surface area contributed by atoms with Gasteiger partial charge in [0.25, 0.3) is 5.69 Å². The van der Waals surface area contributed by atoms with Crippen LogP contribution < -0.4 is 10.5 Å². The normalized spacial score (nSPS) is 10.4. The van der Waals surface area contributed by atoms with E-state index in [2.05, 4.69) is 4.98 Å². The Balaban J connectivity index is 2.31. The van der Waals surface area contributed by atoms with Gasteiger partial charge in [-0.2, -0.15) is 4.98 Å². The van der Waals surface area contributed by atoms with Crippen molar-refractivity contribution in [3.8, 4) is 5.88 Å². The van der Waals surface area contributed by atoms with Gasteiger partial charge in [0.1, 0.15) is 12.4 Å². The Morgan fingerprint density at radius 3 is 2.79 bits per heavy atom. The van der Waals surface area contributed by atoms with Crippen molar-refractivity contribution in [1.29, 1.82) is 0 Å². The van der Waals surface area contributed by atoms with Gasteiger partial charge in [0.05, 0.1) is 23.7 Å². The molecule has 1 aromatic heterocycles. The number of rotatable bonds is 9. The molecule has 0 atom stereocenters. The molecule has 0 aliphatic heterocycles. The molecule has 0 spiro atoms. The summed E-state index contributed by atoms with van der Waals surface area (Å²) in [7, 11) is 1.63. The summed E-state index contributed by atoms with van der Waals surface area (Å²) >= 11 is 0. The highest BCUT2D eigenvalue weighted by Gasteiger charge is 2.10. The van der Waals surface area contributed by atoms with E-state index >= 15 is 0 Å². The molecule has 1 rings (SSSR count). The monoisotopic (exact) mass is 271 g/mol. The first-order valence-electron chi connectivity index (χ1n) is 5.75. The lowest BCUT2D eigenvalue weighted by atomic mass is 10.4. The van der Waals surface area contributed by atoms with Gasteiger partial charge in [-0.15, -0.1) is 0 Å². The fraction of sp³-hybridized carbons (Fsp3) is 0.545. The predicted octanol–water partition coefficient (Wildman–Crippen LogP) is 1.00. The smallest absolute Gasteiger partial charge is 0.278 e. The van der Waals surface area contributed by atoms with Gasteiger partial charge < -0.3 is 19.9 Å². The van der Waals surface area contributed by atoms with E-state index in [-0.39, 0.29) is 24.0 Å². The topological polar surface area (TPSA) is 110 Å². The van der Waals surface area contributed by atoms with Crippen molar-refractivity contribution in [2.45, 2.75) is 6.42 Å². The maximum absolute atomic E-state index is 10.6. The van der Waals surface area contributed by atoms with Crippen molar-refractivity contribution in [2.24, 2.45) is 0 Å². The second-order valence-corrected chi connectivity index (χ2v) is 3.65. The summed E-state index contributed by atoms with van der Waals surface area (Å²) in [5.41, 5.74) is 5.29. The highest BCUT2D eigenvalue weighted by Crippen LogP contribution is 2.20. The first-order chi connectivity index (χ1) is 9.13. The van der Waals surface area contributed by atoms with E-state index < -0.39 is 4.92 Å². The molecule has 0 aliphatic rings. The number of pyridine rings is 1. The first kappa shape index (κ1) is 15.1. The van der Waals surface area contributed by atoms with Crippen molar-refractivity contribution in [3.05, 3.63) is 22.2 Å². The van der Waals surface area contributed by atoms with Gasteiger partial charge in [-0.05, 0) is 6.42 Å². The number of nitro groups is 1. The molecular weight excluding hydrogens is 254 g/mol. The third-order valence-corrected chi connectivity index (χ3v) is 2.13. The Kier molecular flexibility index (Phi) is 6.55. The van der Waals surface area contributed by atoms with Crippen LogP contribution in [0.2, 0.25) is 0 Å². The zero-order valence-corrected chi connectivity index (χ0v) is 10.7. The van der Waals surface area contributed by atoms with Crippen LogP contribution in [-0.2, 0) is 9.47 Å². The van der Waals surface area contributed by atoms with Gasteiger partial charge in [-0.1, -0.05) is 0 Å². The number of anilines is 1. The quantitative estimate of drug-likeness (QED) is 0.405. The van der Waals surface area contributed by atoms with Crippen LogP contribution in [0.5, 0.6) is 5.88 Å². The fourth-order valence-corrected chi connectivity index (χ4v) is 1.30. The second-order valence-electron chi connectivity index (χ2n) is 3.65. The Labute approximate surface area is 110 Å². The van der Waals surface area contributed by atoms with Crippen LogP contribution in [-0.4, -0.2) is 43.4 Å². The minimum absolute atomic E-state index is 0.0465. The van der Waals surface area contributed by atoms with E-state index in [1.165, 1.54) is 12.1 Å². The predicted molar refractivity (Wildman–Crippen MR) is 68.1 cm³/mol. The summed E-state index contributed by atoms with van der Waals surface area (Å²) < 4.78 is 15.4. The van der Waals surface area contributed by atoms with E-state index in [4.69, 9.17) is 19.9 Å². The molecule has 0 saturated carbocycles. The molecule has 106 valence electrons. The van der Waals surface area contributed by atoms with E-state index in [1.54, 1.807) is 7.11 Å². The van der Waals surface area contributed by atoms with Crippen LogP contribution >= 0.6 is 0 Å². The van der Waals surface area contributed by atoms with Gasteiger partial charge in [0, 0.05) is 20.3 Å². The third kappa shape index (κ3) is 5.98. The number of nitrogens with zero attached hydrogens (tertiary/aromatic N) is 2. The Hall–Kier alpha value is -1.93. The van der Waals surface area contributed by atoms with Crippen molar-refractivity contribution >= 4 is 11.5 Å². The van der Waals surface area contributed by atoms with Gasteiger partial charge in [0.15, 0.2) is 0 Å². The average Bonchev–Trinajstić information content (AvgIpc) is 2.37. The first-order valence-corrected chi connectivity index (χ1v) is 5.75. The molecule has 0 aliphatic carbocycles. The average molecular weight is 271 g/mol. The van der Waals surface area contributed by atoms with Crippen LogP contribution in [0.25, 0.3) is 0 Å². The third-order valence-electron chi connectivity index (χ3n) is 2.13. The highest BCUT2D eigenvalue weighted by atomic mass is 16.6. The molecule has 0 radical (unpaired) electrons. The summed E-state index contributed by atoms with van der Waals surface area (Å²) in [6, 6.07) is 2.40. The Bertz CT molecular complexity index is 413. The standard InChI is InChI=1S/C11H17N3O5/c1-17-3-2-4-18-5-6-19-11-8-9(14(15)16)7-10(12)13-11/h7-8H,2-6H2,1H3,(H2,12,13). The number of hydrogen-bond donors (Lipinski definition) is 1. The van der Waals surface area contributed by atoms with E-state index in [1.807, 2.05) is 0 Å². The SMILES string of the molecule is COCCCOCCOc1cc([N+](=O)[O-])cc(N)n1. The maximum Gasteiger partial charge on any atom is 0.278 e. The fourth-order valence-electron chi connectivity index (χ4n) is 1.30. The molecule has 1 aromatic rings. The largest absolute Gasteiger partial charge is 0.475 e. The van der Waals surface area contributed by atoms with E-state index in [9.17, 15) is 10.1 Å². The van der Waals surface area contributed by atoms with Crippen molar-refractivity contribution in [1.82, 2.24) is 4.98 Å². The van der Waals surface area contributed by atoms with Gasteiger partial charge >= 0.3 is 0 Å². The van der Waals surface area contributed by atoms with Crippen molar-refractivity contribution < 1.29 is 19.1 Å². The molecule has 1 heterocycles. The number of hydrogen-bond acceptors (Lipinski definition) is 7. The van der Waals surface area contributed by atoms with Crippen LogP contribution in [0.3, 0.4) is 0 Å². The van der Waals surface area contributed by atoms with Crippen LogP contribution in [0.1, 0.15) is 6.42 Å². The lowest BCUT2D eigenvalue weighted by Gasteiger charge is -2.06. The number of nitrogens with two attached hydrogens (primary N) is 1. The summed E-state index contributed by atoms with van der Waals surface area (Å²) in [6.45, 7) is 1.83. The van der Waals surface area contributed by atoms with Crippen LogP contribution in [0.15, 0.2) is 12.1 Å². The number of methoxy groups -OCH3 is 1. The lowest BCUT2D eigenvalue weighted by molar-refractivity contribution is -0.384. The number of aromatic nitrogens is 1. The van der Waals surface area contributed by atoms with E-state index in [0.717, 1.165) is 6.42 Å². The molecule has 8 heteroatoms. The molecule has 0 bridgehead atoms. The summed E-state index contributed by atoms with van der Waals surface area (Å²) in [6.07, 6.45) is 0.804. The van der Waals surface area contributed by atoms with Gasteiger partial charge in [-0.25, -0.2) is 0 Å². The highest BCUT2D eigenvalue weighted by molar-refractivity contribution is 5.45. The minimum atomic E-state index is -0.549. The summed E-state index contributed by atoms with van der Waals surface area (Å²) in [5.74, 6) is 0.164. The van der Waals surface area contributed by atoms with Crippen LogP contribution in [0.4, 0.5) is 11.5 Å². The van der Waals surface area contributed by atoms with Crippen molar-refractivity contribution in [3.63, 3.8) is 0 Å². The zero-order valence-electron chi connectivity index (χ0n) is 10.7. The Morgan fingerprint density at radius 1 is 1.32 bits per heavy atom. The molecule has 19 heavy (non-hydrogen) atoms. The van der Waals surface area contributed by atoms with Crippen molar-refractivity contribution in [2.75, 3.05) is 39.3 Å². The summed E-state index contributed by atoms with van der Waals surface area (Å²) in [5, 5.41) is 10.6. The molecule has 0 fully saturated rings.